The van der Waals surface area contributed by atoms with Crippen LogP contribution in [-0.4, -0.2) is 59.6 Å². The summed E-state index contributed by atoms with van der Waals surface area (Å²) in [5.41, 5.74) is 0. The average molecular weight is 197 g/mol. The number of hydrogen-bond acceptors (Lipinski definition) is 3. The highest BCUT2D eigenvalue weighted by atomic mass is 16.2. The van der Waals surface area contributed by atoms with Crippen molar-refractivity contribution in [2.75, 3.05) is 26.7 Å². The Kier molecular flexibility index (Phi) is 1.80. The minimum absolute atomic E-state index is 0.160. The molecule has 0 saturated carbocycles. The average Bonchev–Trinajstić information content (AvgIpc) is 2.62. The number of hydrogen-bond donors (Lipinski definition) is 0. The Labute approximate surface area is 80.2 Å². The van der Waals surface area contributed by atoms with Crippen molar-refractivity contribution in [3.63, 3.8) is 0 Å². The second-order valence-corrected chi connectivity index (χ2v) is 3.13. The van der Waals surface area contributed by atoms with Crippen LogP contribution in [0.25, 0.3) is 0 Å². The van der Waals surface area contributed by atoms with E-state index >= 15 is 0 Å². The smallest absolute Gasteiger partial charge is 0.324 e. The van der Waals surface area contributed by atoms with Gasteiger partial charge in [0.05, 0.1) is 6.54 Å². The zero-order chi connectivity index (χ0) is 10.3. The Morgan fingerprint density at radius 1 is 1.21 bits per heavy atom. The Hall–Kier alpha value is -1.79. The molecule has 2 saturated heterocycles. The number of carbonyl (C=O) groups excluding carboxylic acids is 3. The van der Waals surface area contributed by atoms with Gasteiger partial charge in [0.15, 0.2) is 0 Å². The van der Waals surface area contributed by atoms with Gasteiger partial charge in [-0.3, -0.25) is 4.79 Å². The number of imide groups is 1. The van der Waals surface area contributed by atoms with Crippen molar-refractivity contribution in [1.82, 2.24) is 20.2 Å². The van der Waals surface area contributed by atoms with Gasteiger partial charge in [0.2, 0.25) is 0 Å². The molecule has 0 spiro atoms. The number of carbonyl (C=O) groups is 3. The normalized spacial score (nSPS) is 22.4. The minimum Gasteiger partial charge on any atom is -0.324 e. The molecule has 7 nitrogen and oxygen atoms in total. The number of nitrogens with zero attached hydrogens (tertiary/aromatic N) is 4. The fourth-order valence-electron chi connectivity index (χ4n) is 1.43. The summed E-state index contributed by atoms with van der Waals surface area (Å²) in [4.78, 5) is 35.3. The van der Waals surface area contributed by atoms with E-state index < -0.39 is 11.9 Å². The molecule has 0 atom stereocenters. The quantitative estimate of drug-likeness (QED) is 0.497. The summed E-state index contributed by atoms with van der Waals surface area (Å²) in [6, 6.07) is -0.998. The van der Waals surface area contributed by atoms with E-state index in [1.54, 1.807) is 7.05 Å². The van der Waals surface area contributed by atoms with Gasteiger partial charge in [-0.25, -0.2) is 19.9 Å². The third-order valence-electron chi connectivity index (χ3n) is 2.20. The van der Waals surface area contributed by atoms with Crippen LogP contribution in [0.1, 0.15) is 0 Å². The molecule has 0 aromatic rings. The molecule has 0 unspecified atom stereocenters. The summed E-state index contributed by atoms with van der Waals surface area (Å²) in [5.74, 6) is -0.446. The van der Waals surface area contributed by atoms with Crippen molar-refractivity contribution in [3.8, 4) is 0 Å². The molecule has 1 radical (unpaired) electrons. The van der Waals surface area contributed by atoms with Gasteiger partial charge in [0, 0.05) is 13.6 Å². The molecule has 2 fully saturated rings. The minimum atomic E-state index is -0.654. The third kappa shape index (κ3) is 1.09. The molecule has 0 aromatic heterocycles. The summed E-state index contributed by atoms with van der Waals surface area (Å²) in [6.45, 7) is 0.699. The van der Waals surface area contributed by atoms with E-state index in [1.807, 2.05) is 0 Å². The van der Waals surface area contributed by atoms with E-state index in [-0.39, 0.29) is 12.6 Å². The summed E-state index contributed by atoms with van der Waals surface area (Å²) in [6.07, 6.45) is 0. The Bertz CT molecular complexity index is 300. The van der Waals surface area contributed by atoms with Crippen LogP contribution in [0.4, 0.5) is 9.59 Å². The first kappa shape index (κ1) is 8.79. The van der Waals surface area contributed by atoms with Gasteiger partial charge >= 0.3 is 12.1 Å². The Balaban J connectivity index is 2.19. The van der Waals surface area contributed by atoms with Crippen molar-refractivity contribution in [2.24, 2.45) is 0 Å². The van der Waals surface area contributed by atoms with Crippen molar-refractivity contribution in [2.45, 2.75) is 0 Å². The molecule has 5 amide bonds. The first-order valence-electron chi connectivity index (χ1n) is 4.18. The van der Waals surface area contributed by atoms with Gasteiger partial charge in [0.25, 0.3) is 5.91 Å². The molecule has 7 heteroatoms. The molecular formula is C7H9N4O3. The lowest BCUT2D eigenvalue weighted by molar-refractivity contribution is -0.132. The van der Waals surface area contributed by atoms with Crippen LogP contribution in [0.5, 0.6) is 0 Å². The monoisotopic (exact) mass is 197 g/mol. The molecule has 2 heterocycles. The SMILES string of the molecule is CN1CCN(N2C(=O)C[N]C2=O)C1=O. The van der Waals surface area contributed by atoms with Gasteiger partial charge in [-0.05, 0) is 0 Å². The molecule has 14 heavy (non-hydrogen) atoms. The topological polar surface area (TPSA) is 75.0 Å². The largest absolute Gasteiger partial charge is 0.365 e. The van der Waals surface area contributed by atoms with Crippen LogP contribution in [-0.2, 0) is 4.79 Å². The van der Waals surface area contributed by atoms with Crippen molar-refractivity contribution in [1.29, 1.82) is 0 Å². The molecule has 75 valence electrons. The molecule has 0 aliphatic carbocycles. The second-order valence-electron chi connectivity index (χ2n) is 3.13. The standard InChI is InChI=1S/C7H9N4O3/c1-9-2-3-10(7(9)14)11-5(12)4-8-6(11)13/h2-4H2,1H3. The maximum atomic E-state index is 11.4. The Morgan fingerprint density at radius 3 is 2.36 bits per heavy atom. The lowest BCUT2D eigenvalue weighted by Gasteiger charge is -2.22. The molecule has 0 N–H and O–H groups in total. The maximum absolute atomic E-state index is 11.4. The van der Waals surface area contributed by atoms with Crippen molar-refractivity contribution < 1.29 is 14.4 Å². The molecular weight excluding hydrogens is 188 g/mol. The highest BCUT2D eigenvalue weighted by Crippen LogP contribution is 2.13. The highest BCUT2D eigenvalue weighted by Gasteiger charge is 2.41. The van der Waals surface area contributed by atoms with E-state index in [1.165, 1.54) is 4.90 Å². The van der Waals surface area contributed by atoms with Gasteiger partial charge in [0.1, 0.15) is 6.54 Å². The van der Waals surface area contributed by atoms with Crippen LogP contribution in [0.15, 0.2) is 0 Å². The molecule has 2 aliphatic rings. The number of hydrazine groups is 1. The zero-order valence-corrected chi connectivity index (χ0v) is 7.63. The first-order valence-corrected chi connectivity index (χ1v) is 4.18. The zero-order valence-electron chi connectivity index (χ0n) is 7.63. The lowest BCUT2D eigenvalue weighted by Crippen LogP contribution is -2.48. The highest BCUT2D eigenvalue weighted by molar-refractivity contribution is 6.03. The Morgan fingerprint density at radius 2 is 1.93 bits per heavy atom. The second kappa shape index (κ2) is 2.86. The van der Waals surface area contributed by atoms with E-state index in [0.29, 0.717) is 13.1 Å². The number of amides is 5. The maximum Gasteiger partial charge on any atom is 0.365 e. The van der Waals surface area contributed by atoms with Gasteiger partial charge in [-0.1, -0.05) is 0 Å². The molecule has 0 aromatic carbocycles. The van der Waals surface area contributed by atoms with Crippen LogP contribution in [0.2, 0.25) is 0 Å². The van der Waals surface area contributed by atoms with E-state index in [2.05, 4.69) is 5.32 Å². The predicted octanol–water partition coefficient (Wildman–Crippen LogP) is -1.16. The van der Waals surface area contributed by atoms with Crippen LogP contribution < -0.4 is 5.32 Å². The number of urea groups is 2. The summed E-state index contributed by atoms with van der Waals surface area (Å²) in [5, 5.41) is 5.37. The molecule has 0 bridgehead atoms. The summed E-state index contributed by atoms with van der Waals surface area (Å²) >= 11 is 0. The first-order chi connectivity index (χ1) is 6.61. The molecule has 2 rings (SSSR count). The van der Waals surface area contributed by atoms with Crippen LogP contribution in [0, 0.1) is 0 Å². The lowest BCUT2D eigenvalue weighted by atomic mass is 10.6. The van der Waals surface area contributed by atoms with E-state index in [4.69, 9.17) is 0 Å². The third-order valence-corrected chi connectivity index (χ3v) is 2.20. The van der Waals surface area contributed by atoms with Crippen LogP contribution >= 0.6 is 0 Å². The summed E-state index contributed by atoms with van der Waals surface area (Å²) in [7, 11) is 1.62. The number of likely N-dealkylation sites (N-methyl/N-ethyl adjacent to an activating group) is 1. The fourth-order valence-corrected chi connectivity index (χ4v) is 1.43. The van der Waals surface area contributed by atoms with E-state index in [0.717, 1.165) is 10.0 Å². The van der Waals surface area contributed by atoms with Crippen molar-refractivity contribution >= 4 is 18.0 Å². The fraction of sp³-hybridized carbons (Fsp3) is 0.571. The van der Waals surface area contributed by atoms with Gasteiger partial charge in [-0.15, -0.1) is 0 Å². The summed E-state index contributed by atoms with van der Waals surface area (Å²) < 4.78 is 0. The number of rotatable bonds is 1. The van der Waals surface area contributed by atoms with Crippen LogP contribution in [0.3, 0.4) is 0 Å². The predicted molar refractivity (Wildman–Crippen MR) is 44.0 cm³/mol. The van der Waals surface area contributed by atoms with Gasteiger partial charge < -0.3 is 4.90 Å². The molecule has 2 aliphatic heterocycles. The van der Waals surface area contributed by atoms with Gasteiger partial charge in [-0.2, -0.15) is 5.01 Å². The van der Waals surface area contributed by atoms with E-state index in [9.17, 15) is 14.4 Å². The van der Waals surface area contributed by atoms with Crippen molar-refractivity contribution in [3.05, 3.63) is 0 Å².